The lowest BCUT2D eigenvalue weighted by Crippen LogP contribution is -2.13. The van der Waals surface area contributed by atoms with E-state index in [2.05, 4.69) is 10.6 Å². The van der Waals surface area contributed by atoms with Crippen LogP contribution in [0.4, 0.5) is 11.4 Å². The Morgan fingerprint density at radius 3 is 2.19 bits per heavy atom. The minimum Gasteiger partial charge on any atom is -0.451 e. The van der Waals surface area contributed by atoms with Crippen molar-refractivity contribution in [2.45, 2.75) is 6.92 Å². The number of benzene rings is 3. The van der Waals surface area contributed by atoms with E-state index in [0.717, 1.165) is 11.1 Å². The van der Waals surface area contributed by atoms with Gasteiger partial charge in [0.1, 0.15) is 5.76 Å². The van der Waals surface area contributed by atoms with Crippen LogP contribution < -0.4 is 10.6 Å². The van der Waals surface area contributed by atoms with Gasteiger partial charge >= 0.3 is 0 Å². The zero-order valence-electron chi connectivity index (χ0n) is 16.7. The van der Waals surface area contributed by atoms with Gasteiger partial charge in [-0.15, -0.1) is 0 Å². The minimum atomic E-state index is -0.393. The molecule has 0 saturated carbocycles. The molecule has 6 heteroatoms. The second kappa shape index (κ2) is 8.90. The van der Waals surface area contributed by atoms with Gasteiger partial charge in [0.15, 0.2) is 5.76 Å². The summed E-state index contributed by atoms with van der Waals surface area (Å²) < 4.78 is 5.71. The molecule has 4 rings (SSSR count). The van der Waals surface area contributed by atoms with Crippen LogP contribution in [0.3, 0.4) is 0 Å². The van der Waals surface area contributed by atoms with Crippen LogP contribution in [0, 0.1) is 6.92 Å². The van der Waals surface area contributed by atoms with Gasteiger partial charge in [-0.25, -0.2) is 0 Å². The van der Waals surface area contributed by atoms with Crippen LogP contribution in [0.2, 0.25) is 5.02 Å². The summed E-state index contributed by atoms with van der Waals surface area (Å²) in [4.78, 5) is 24.9. The van der Waals surface area contributed by atoms with Crippen molar-refractivity contribution in [2.75, 3.05) is 10.6 Å². The van der Waals surface area contributed by atoms with Crippen molar-refractivity contribution in [3.05, 3.63) is 107 Å². The molecular formula is C25H19ClN2O3. The van der Waals surface area contributed by atoms with E-state index < -0.39 is 5.91 Å². The van der Waals surface area contributed by atoms with Crippen LogP contribution in [-0.4, -0.2) is 11.8 Å². The number of anilines is 2. The first kappa shape index (κ1) is 20.4. The first-order valence-electron chi connectivity index (χ1n) is 9.64. The van der Waals surface area contributed by atoms with Gasteiger partial charge in [-0.05, 0) is 61.0 Å². The fraction of sp³-hybridized carbons (Fsp3) is 0.0400. The van der Waals surface area contributed by atoms with Crippen molar-refractivity contribution in [1.82, 2.24) is 0 Å². The van der Waals surface area contributed by atoms with Crippen molar-refractivity contribution in [1.29, 1.82) is 0 Å². The maximum absolute atomic E-state index is 12.6. The summed E-state index contributed by atoms with van der Waals surface area (Å²) in [5.41, 5.74) is 3.42. The SMILES string of the molecule is Cc1ccc(-c2ccc(C(=O)Nc3cccc(NC(=O)c4ccccc4)c3)o2)cc1Cl. The van der Waals surface area contributed by atoms with E-state index in [4.69, 9.17) is 16.0 Å². The second-order valence-electron chi connectivity index (χ2n) is 6.98. The van der Waals surface area contributed by atoms with Gasteiger partial charge in [0.05, 0.1) is 0 Å². The Labute approximate surface area is 184 Å². The van der Waals surface area contributed by atoms with E-state index in [9.17, 15) is 9.59 Å². The van der Waals surface area contributed by atoms with Gasteiger partial charge in [0.25, 0.3) is 11.8 Å². The molecule has 0 spiro atoms. The smallest absolute Gasteiger partial charge is 0.291 e. The van der Waals surface area contributed by atoms with E-state index >= 15 is 0 Å². The Morgan fingerprint density at radius 1 is 0.774 bits per heavy atom. The predicted octanol–water partition coefficient (Wildman–Crippen LogP) is 6.41. The third-order valence-corrected chi connectivity index (χ3v) is 5.11. The first-order valence-corrected chi connectivity index (χ1v) is 10.0. The predicted molar refractivity (Wildman–Crippen MR) is 123 cm³/mol. The van der Waals surface area contributed by atoms with Crippen LogP contribution in [-0.2, 0) is 0 Å². The lowest BCUT2D eigenvalue weighted by Gasteiger charge is -2.08. The number of furan rings is 1. The molecule has 1 heterocycles. The zero-order chi connectivity index (χ0) is 21.8. The number of nitrogens with one attached hydrogen (secondary N) is 2. The summed E-state index contributed by atoms with van der Waals surface area (Å²) in [7, 11) is 0. The van der Waals surface area contributed by atoms with E-state index in [1.165, 1.54) is 0 Å². The van der Waals surface area contributed by atoms with Crippen LogP contribution in [0.25, 0.3) is 11.3 Å². The molecule has 0 bridgehead atoms. The fourth-order valence-corrected chi connectivity index (χ4v) is 3.20. The summed E-state index contributed by atoms with van der Waals surface area (Å²) >= 11 is 6.18. The average molecular weight is 431 g/mol. The largest absolute Gasteiger partial charge is 0.451 e. The van der Waals surface area contributed by atoms with Crippen LogP contribution in [0.1, 0.15) is 26.5 Å². The number of hydrogen-bond donors (Lipinski definition) is 2. The van der Waals surface area contributed by atoms with Gasteiger partial charge < -0.3 is 15.1 Å². The summed E-state index contributed by atoms with van der Waals surface area (Å²) in [5, 5.41) is 6.24. The number of aryl methyl sites for hydroxylation is 1. The molecule has 5 nitrogen and oxygen atoms in total. The molecule has 0 aliphatic rings. The molecule has 154 valence electrons. The lowest BCUT2D eigenvalue weighted by atomic mass is 10.1. The van der Waals surface area contributed by atoms with Gasteiger partial charge in [-0.3, -0.25) is 9.59 Å². The quantitative estimate of drug-likeness (QED) is 0.384. The molecule has 4 aromatic rings. The minimum absolute atomic E-state index is 0.172. The molecule has 0 saturated heterocycles. The molecule has 0 atom stereocenters. The molecule has 0 fully saturated rings. The Hall–Kier alpha value is -3.83. The number of amides is 2. The summed E-state index contributed by atoms with van der Waals surface area (Å²) in [6.45, 7) is 1.92. The third-order valence-electron chi connectivity index (χ3n) is 4.70. The third kappa shape index (κ3) is 4.85. The highest BCUT2D eigenvalue weighted by Gasteiger charge is 2.14. The lowest BCUT2D eigenvalue weighted by molar-refractivity contribution is 0.0995. The number of carbonyl (C=O) groups excluding carboxylic acids is 2. The molecule has 0 aliphatic heterocycles. The van der Waals surface area contributed by atoms with E-state index in [1.54, 1.807) is 66.7 Å². The van der Waals surface area contributed by atoms with Gasteiger partial charge in [0.2, 0.25) is 0 Å². The van der Waals surface area contributed by atoms with Gasteiger partial charge in [-0.1, -0.05) is 48.0 Å². The number of rotatable bonds is 5. The van der Waals surface area contributed by atoms with Crippen molar-refractivity contribution in [3.8, 4) is 11.3 Å². The number of halogens is 1. The Kier molecular flexibility index (Phi) is 5.87. The average Bonchev–Trinajstić information content (AvgIpc) is 3.27. The zero-order valence-corrected chi connectivity index (χ0v) is 17.4. The highest BCUT2D eigenvalue weighted by molar-refractivity contribution is 6.31. The van der Waals surface area contributed by atoms with E-state index in [1.807, 2.05) is 25.1 Å². The van der Waals surface area contributed by atoms with Crippen molar-refractivity contribution >= 4 is 34.8 Å². The molecule has 31 heavy (non-hydrogen) atoms. The highest BCUT2D eigenvalue weighted by Crippen LogP contribution is 2.27. The number of carbonyl (C=O) groups is 2. The maximum atomic E-state index is 12.6. The van der Waals surface area contributed by atoms with Crippen molar-refractivity contribution < 1.29 is 14.0 Å². The van der Waals surface area contributed by atoms with Gasteiger partial charge in [-0.2, -0.15) is 0 Å². The molecular weight excluding hydrogens is 412 g/mol. The van der Waals surface area contributed by atoms with E-state index in [-0.39, 0.29) is 11.7 Å². The molecule has 0 radical (unpaired) electrons. The molecule has 0 unspecified atom stereocenters. The van der Waals surface area contributed by atoms with E-state index in [0.29, 0.717) is 27.7 Å². The van der Waals surface area contributed by atoms with Gasteiger partial charge in [0, 0.05) is 27.5 Å². The topological polar surface area (TPSA) is 71.3 Å². The van der Waals surface area contributed by atoms with Crippen LogP contribution in [0.15, 0.2) is 89.3 Å². The van der Waals surface area contributed by atoms with Crippen molar-refractivity contribution in [2.24, 2.45) is 0 Å². The summed E-state index contributed by atoms with van der Waals surface area (Å²) in [6.07, 6.45) is 0. The fourth-order valence-electron chi connectivity index (χ4n) is 3.02. The Balaban J connectivity index is 1.45. The molecule has 2 amide bonds. The first-order chi connectivity index (χ1) is 15.0. The standard InChI is InChI=1S/C25H19ClN2O3/c1-16-10-11-18(14-21(16)26)22-12-13-23(31-22)25(30)28-20-9-5-8-19(15-20)27-24(29)17-6-3-2-4-7-17/h2-15H,1H3,(H,27,29)(H,28,30). The second-order valence-corrected chi connectivity index (χ2v) is 7.39. The molecule has 3 aromatic carbocycles. The Morgan fingerprint density at radius 2 is 1.48 bits per heavy atom. The highest BCUT2D eigenvalue weighted by atomic mass is 35.5. The monoisotopic (exact) mass is 430 g/mol. The molecule has 1 aromatic heterocycles. The molecule has 2 N–H and O–H groups in total. The molecule has 0 aliphatic carbocycles. The summed E-state index contributed by atoms with van der Waals surface area (Å²) in [6, 6.07) is 24.8. The van der Waals surface area contributed by atoms with Crippen LogP contribution in [0.5, 0.6) is 0 Å². The van der Waals surface area contributed by atoms with Crippen molar-refractivity contribution in [3.63, 3.8) is 0 Å². The summed E-state index contributed by atoms with van der Waals surface area (Å²) in [5.74, 6) is 0.105. The normalized spacial score (nSPS) is 10.5. The number of hydrogen-bond acceptors (Lipinski definition) is 3. The van der Waals surface area contributed by atoms with Crippen LogP contribution >= 0.6 is 11.6 Å². The Bertz CT molecular complexity index is 1250. The maximum Gasteiger partial charge on any atom is 0.291 e.